The van der Waals surface area contributed by atoms with Gasteiger partial charge in [0.1, 0.15) is 0 Å². The zero-order valence-corrected chi connectivity index (χ0v) is 10.9. The van der Waals surface area contributed by atoms with E-state index < -0.39 is 0 Å². The number of carbonyl (C=O) groups is 1. The second kappa shape index (κ2) is 7.39. The van der Waals surface area contributed by atoms with Crippen molar-refractivity contribution in [1.29, 1.82) is 0 Å². The molecule has 0 aliphatic carbocycles. The van der Waals surface area contributed by atoms with E-state index >= 15 is 0 Å². The third-order valence-electron chi connectivity index (χ3n) is 2.38. The molecule has 0 aliphatic heterocycles. The molecule has 0 bridgehead atoms. The molecule has 4 heteroatoms. The Morgan fingerprint density at radius 1 is 1.50 bits per heavy atom. The summed E-state index contributed by atoms with van der Waals surface area (Å²) in [5.74, 6) is 0.141. The molecule has 1 aromatic rings. The lowest BCUT2D eigenvalue weighted by Crippen LogP contribution is -2.24. The van der Waals surface area contributed by atoms with Gasteiger partial charge in [-0.2, -0.15) is 0 Å². The van der Waals surface area contributed by atoms with Crippen LogP contribution < -0.4 is 5.32 Å². The third-order valence-corrected chi connectivity index (χ3v) is 3.20. The first-order valence-electron chi connectivity index (χ1n) is 5.90. The van der Waals surface area contributed by atoms with Crippen LogP contribution in [0.5, 0.6) is 0 Å². The van der Waals surface area contributed by atoms with Gasteiger partial charge in [-0.3, -0.25) is 4.79 Å². The first kappa shape index (κ1) is 13.2. The van der Waals surface area contributed by atoms with Crippen LogP contribution >= 0.6 is 11.3 Å². The number of nitrogens with zero attached hydrogens (tertiary/aromatic N) is 1. The smallest absolute Gasteiger partial charge is 0.220 e. The second-order valence-corrected chi connectivity index (χ2v) is 4.98. The summed E-state index contributed by atoms with van der Waals surface area (Å²) >= 11 is 1.64. The topological polar surface area (TPSA) is 42.0 Å². The van der Waals surface area contributed by atoms with Gasteiger partial charge in [-0.1, -0.05) is 19.8 Å². The molecule has 0 saturated heterocycles. The molecule has 0 aromatic carbocycles. The molecule has 0 spiro atoms. The van der Waals surface area contributed by atoms with Gasteiger partial charge in [0.15, 0.2) is 0 Å². The van der Waals surface area contributed by atoms with Gasteiger partial charge in [0.2, 0.25) is 5.91 Å². The predicted octanol–water partition coefficient (Wildman–Crippen LogP) is 2.69. The molecule has 1 rings (SSSR count). The maximum Gasteiger partial charge on any atom is 0.220 e. The summed E-state index contributed by atoms with van der Waals surface area (Å²) in [4.78, 5) is 15.8. The van der Waals surface area contributed by atoms with Crippen LogP contribution in [0.2, 0.25) is 0 Å². The van der Waals surface area contributed by atoms with Crippen LogP contribution in [-0.4, -0.2) is 17.4 Å². The normalized spacial score (nSPS) is 10.4. The molecular formula is C12H20N2OS. The largest absolute Gasteiger partial charge is 0.356 e. The monoisotopic (exact) mass is 240 g/mol. The van der Waals surface area contributed by atoms with Crippen molar-refractivity contribution < 1.29 is 4.79 Å². The van der Waals surface area contributed by atoms with E-state index in [0.29, 0.717) is 6.42 Å². The minimum Gasteiger partial charge on any atom is -0.356 e. The van der Waals surface area contributed by atoms with E-state index in [1.807, 2.05) is 12.3 Å². The van der Waals surface area contributed by atoms with Crippen molar-refractivity contribution in [3.8, 4) is 0 Å². The van der Waals surface area contributed by atoms with Gasteiger partial charge in [0, 0.05) is 18.3 Å². The Hall–Kier alpha value is -0.900. The first-order valence-corrected chi connectivity index (χ1v) is 6.78. The van der Waals surface area contributed by atoms with E-state index in [4.69, 9.17) is 0 Å². The molecule has 0 unspecified atom stereocenters. The lowest BCUT2D eigenvalue weighted by molar-refractivity contribution is -0.121. The average molecular weight is 240 g/mol. The van der Waals surface area contributed by atoms with Crippen LogP contribution in [0, 0.1) is 6.92 Å². The predicted molar refractivity (Wildman–Crippen MR) is 67.7 cm³/mol. The summed E-state index contributed by atoms with van der Waals surface area (Å²) in [6.07, 6.45) is 4.76. The molecule has 0 fully saturated rings. The Labute approximate surface area is 101 Å². The summed E-state index contributed by atoms with van der Waals surface area (Å²) in [7, 11) is 0. The fraction of sp³-hybridized carbons (Fsp3) is 0.667. The highest BCUT2D eigenvalue weighted by Crippen LogP contribution is 2.09. The zero-order valence-electron chi connectivity index (χ0n) is 10.1. The van der Waals surface area contributed by atoms with E-state index in [9.17, 15) is 4.79 Å². The number of aryl methyl sites for hydroxylation is 2. The molecule has 1 aromatic heterocycles. The molecule has 0 radical (unpaired) electrons. The Kier molecular flexibility index (Phi) is 6.08. The number of hydrogen-bond donors (Lipinski definition) is 1. The van der Waals surface area contributed by atoms with Crippen molar-refractivity contribution in [2.75, 3.05) is 6.54 Å². The molecule has 0 saturated carbocycles. The Morgan fingerprint density at radius 2 is 2.31 bits per heavy atom. The minimum absolute atomic E-state index is 0.141. The highest BCUT2D eigenvalue weighted by atomic mass is 32.1. The molecule has 1 amide bonds. The van der Waals surface area contributed by atoms with Crippen molar-refractivity contribution in [2.24, 2.45) is 0 Å². The van der Waals surface area contributed by atoms with Gasteiger partial charge < -0.3 is 5.32 Å². The molecule has 90 valence electrons. The Bertz CT molecular complexity index is 323. The number of aromatic nitrogens is 1. The first-order chi connectivity index (χ1) is 7.72. The van der Waals surface area contributed by atoms with Gasteiger partial charge in [-0.15, -0.1) is 11.3 Å². The summed E-state index contributed by atoms with van der Waals surface area (Å²) in [6, 6.07) is 0. The van der Waals surface area contributed by atoms with Crippen LogP contribution in [0.3, 0.4) is 0 Å². The fourth-order valence-corrected chi connectivity index (χ4v) is 2.10. The SMILES string of the molecule is CCCCCNC(=O)CCc1csc(C)n1. The summed E-state index contributed by atoms with van der Waals surface area (Å²) in [5, 5.41) is 6.03. The van der Waals surface area contributed by atoms with Crippen LogP contribution in [0.4, 0.5) is 0 Å². The van der Waals surface area contributed by atoms with Crippen molar-refractivity contribution in [3.63, 3.8) is 0 Å². The lowest BCUT2D eigenvalue weighted by Gasteiger charge is -2.03. The summed E-state index contributed by atoms with van der Waals surface area (Å²) in [5.41, 5.74) is 1.03. The van der Waals surface area contributed by atoms with Gasteiger partial charge in [-0.05, 0) is 19.8 Å². The number of carbonyl (C=O) groups excluding carboxylic acids is 1. The number of unbranched alkanes of at least 4 members (excludes halogenated alkanes) is 2. The van der Waals surface area contributed by atoms with Crippen molar-refractivity contribution >= 4 is 17.2 Å². The standard InChI is InChI=1S/C12H20N2OS/c1-3-4-5-8-13-12(15)7-6-11-9-16-10(2)14-11/h9H,3-8H2,1-2H3,(H,13,15). The quantitative estimate of drug-likeness (QED) is 0.745. The summed E-state index contributed by atoms with van der Waals surface area (Å²) < 4.78 is 0. The molecule has 3 nitrogen and oxygen atoms in total. The molecular weight excluding hydrogens is 220 g/mol. The Balaban J connectivity index is 2.10. The van der Waals surface area contributed by atoms with E-state index in [-0.39, 0.29) is 5.91 Å². The van der Waals surface area contributed by atoms with Crippen LogP contribution in [-0.2, 0) is 11.2 Å². The maximum absolute atomic E-state index is 11.5. The van der Waals surface area contributed by atoms with Gasteiger partial charge in [0.05, 0.1) is 10.7 Å². The molecule has 1 N–H and O–H groups in total. The number of hydrogen-bond acceptors (Lipinski definition) is 3. The Morgan fingerprint density at radius 3 is 2.94 bits per heavy atom. The van der Waals surface area contributed by atoms with Crippen molar-refractivity contribution in [3.05, 3.63) is 16.1 Å². The van der Waals surface area contributed by atoms with E-state index in [0.717, 1.165) is 30.1 Å². The molecule has 16 heavy (non-hydrogen) atoms. The number of amides is 1. The highest BCUT2D eigenvalue weighted by molar-refractivity contribution is 7.09. The van der Waals surface area contributed by atoms with Crippen LogP contribution in [0.25, 0.3) is 0 Å². The number of thiazole rings is 1. The van der Waals surface area contributed by atoms with E-state index in [2.05, 4.69) is 17.2 Å². The maximum atomic E-state index is 11.5. The van der Waals surface area contributed by atoms with Gasteiger partial charge >= 0.3 is 0 Å². The van der Waals surface area contributed by atoms with Gasteiger partial charge in [0.25, 0.3) is 0 Å². The molecule has 0 atom stereocenters. The zero-order chi connectivity index (χ0) is 11.8. The van der Waals surface area contributed by atoms with Crippen LogP contribution in [0.15, 0.2) is 5.38 Å². The average Bonchev–Trinajstić information content (AvgIpc) is 2.68. The lowest BCUT2D eigenvalue weighted by atomic mass is 10.2. The second-order valence-electron chi connectivity index (χ2n) is 3.91. The summed E-state index contributed by atoms with van der Waals surface area (Å²) in [6.45, 7) is 4.95. The fourth-order valence-electron chi connectivity index (χ4n) is 1.46. The van der Waals surface area contributed by atoms with Crippen molar-refractivity contribution in [2.45, 2.75) is 46.0 Å². The number of rotatable bonds is 7. The van der Waals surface area contributed by atoms with E-state index in [1.165, 1.54) is 12.8 Å². The third kappa shape index (κ3) is 5.26. The van der Waals surface area contributed by atoms with Crippen LogP contribution in [0.1, 0.15) is 43.3 Å². The number of nitrogens with one attached hydrogen (secondary N) is 1. The minimum atomic E-state index is 0.141. The van der Waals surface area contributed by atoms with Crippen molar-refractivity contribution in [1.82, 2.24) is 10.3 Å². The van der Waals surface area contributed by atoms with Gasteiger partial charge in [-0.25, -0.2) is 4.98 Å². The molecule has 1 heterocycles. The van der Waals surface area contributed by atoms with E-state index in [1.54, 1.807) is 11.3 Å². The molecule has 0 aliphatic rings. The highest BCUT2D eigenvalue weighted by Gasteiger charge is 2.03.